The van der Waals surface area contributed by atoms with Gasteiger partial charge in [-0.3, -0.25) is 0 Å². The van der Waals surface area contributed by atoms with Crippen molar-refractivity contribution in [1.29, 1.82) is 0 Å². The van der Waals surface area contributed by atoms with Crippen LogP contribution in [0.2, 0.25) is 0 Å². The number of alkyl halides is 3. The Morgan fingerprint density at radius 2 is 1.86 bits per heavy atom. The van der Waals surface area contributed by atoms with Crippen molar-refractivity contribution in [3.8, 4) is 0 Å². The third-order valence-corrected chi connectivity index (χ3v) is 3.92. The van der Waals surface area contributed by atoms with Gasteiger partial charge in [-0.2, -0.15) is 13.2 Å². The first-order chi connectivity index (χ1) is 9.93. The maximum Gasteiger partial charge on any atom is 0.416 e. The van der Waals surface area contributed by atoms with Crippen LogP contribution in [0.5, 0.6) is 0 Å². The molecular formula is C16H17F3N2. The van der Waals surface area contributed by atoms with Crippen LogP contribution in [0.15, 0.2) is 48.2 Å². The van der Waals surface area contributed by atoms with Crippen molar-refractivity contribution in [2.45, 2.75) is 25.2 Å². The lowest BCUT2D eigenvalue weighted by atomic mass is 10.1. The minimum Gasteiger partial charge on any atom is -0.369 e. The number of hydrogen-bond donors (Lipinski definition) is 1. The largest absolute Gasteiger partial charge is 0.416 e. The van der Waals surface area contributed by atoms with Crippen LogP contribution in [0.25, 0.3) is 0 Å². The summed E-state index contributed by atoms with van der Waals surface area (Å²) >= 11 is 0. The number of hydrogen-bond acceptors (Lipinski definition) is 2. The van der Waals surface area contributed by atoms with Gasteiger partial charge in [0.2, 0.25) is 0 Å². The van der Waals surface area contributed by atoms with Crippen LogP contribution in [-0.2, 0) is 12.7 Å². The monoisotopic (exact) mass is 294 g/mol. The normalized spacial score (nSPS) is 25.0. The van der Waals surface area contributed by atoms with Gasteiger partial charge < -0.3 is 10.6 Å². The van der Waals surface area contributed by atoms with E-state index in [1.807, 2.05) is 0 Å². The Labute approximate surface area is 121 Å². The summed E-state index contributed by atoms with van der Waals surface area (Å²) in [7, 11) is 0. The molecule has 21 heavy (non-hydrogen) atoms. The molecule has 0 saturated heterocycles. The molecule has 0 aromatic heterocycles. The third kappa shape index (κ3) is 3.29. The fraction of sp³-hybridized carbons (Fsp3) is 0.375. The van der Waals surface area contributed by atoms with Crippen molar-refractivity contribution in [3.05, 3.63) is 59.3 Å². The van der Waals surface area contributed by atoms with Crippen LogP contribution in [-0.4, -0.2) is 17.5 Å². The quantitative estimate of drug-likeness (QED) is 0.926. The zero-order valence-electron chi connectivity index (χ0n) is 11.5. The Balaban J connectivity index is 1.67. The molecule has 1 aliphatic heterocycles. The summed E-state index contributed by atoms with van der Waals surface area (Å²) in [5, 5.41) is 0. The minimum absolute atomic E-state index is 0.256. The van der Waals surface area contributed by atoms with Crippen LogP contribution >= 0.6 is 0 Å². The number of benzene rings is 1. The van der Waals surface area contributed by atoms with E-state index in [1.54, 1.807) is 0 Å². The van der Waals surface area contributed by atoms with Crippen molar-refractivity contribution in [2.75, 3.05) is 6.54 Å². The zero-order valence-corrected chi connectivity index (χ0v) is 11.5. The zero-order chi connectivity index (χ0) is 15.0. The Kier molecular flexibility index (Phi) is 3.53. The molecule has 0 amide bonds. The van der Waals surface area contributed by atoms with Crippen molar-refractivity contribution in [1.82, 2.24) is 4.90 Å². The molecule has 0 bridgehead atoms. The Bertz CT molecular complexity index is 572. The van der Waals surface area contributed by atoms with Crippen LogP contribution in [0.3, 0.4) is 0 Å². The second-order valence-corrected chi connectivity index (χ2v) is 5.66. The first-order valence-corrected chi connectivity index (χ1v) is 6.97. The number of rotatable bonds is 3. The molecule has 1 aromatic rings. The van der Waals surface area contributed by atoms with Gasteiger partial charge in [0.25, 0.3) is 0 Å². The SMILES string of the molecule is N[C@@H]1C[C@H]1C1=CN(Cc2ccc(C(F)(F)F)cc2)CC=C1. The highest BCUT2D eigenvalue weighted by atomic mass is 19.4. The van der Waals surface area contributed by atoms with E-state index in [0.717, 1.165) is 30.7 Å². The number of halogens is 3. The minimum atomic E-state index is -4.28. The van der Waals surface area contributed by atoms with Gasteiger partial charge in [0.05, 0.1) is 5.56 Å². The molecule has 2 atom stereocenters. The lowest BCUT2D eigenvalue weighted by Gasteiger charge is -2.23. The molecule has 1 heterocycles. The molecule has 0 radical (unpaired) electrons. The smallest absolute Gasteiger partial charge is 0.369 e. The fourth-order valence-electron chi connectivity index (χ4n) is 2.59. The number of allylic oxidation sites excluding steroid dienone is 1. The molecule has 1 fully saturated rings. The molecule has 2 N–H and O–H groups in total. The van der Waals surface area contributed by atoms with E-state index in [9.17, 15) is 13.2 Å². The summed E-state index contributed by atoms with van der Waals surface area (Å²) in [4.78, 5) is 2.10. The van der Waals surface area contributed by atoms with E-state index >= 15 is 0 Å². The summed E-state index contributed by atoms with van der Waals surface area (Å²) in [5.74, 6) is 0.441. The maximum absolute atomic E-state index is 12.5. The summed E-state index contributed by atoms with van der Waals surface area (Å²) in [6.07, 6.45) is 2.99. The predicted octanol–water partition coefficient (Wildman–Crippen LogP) is 3.31. The van der Waals surface area contributed by atoms with Crippen molar-refractivity contribution in [2.24, 2.45) is 11.7 Å². The van der Waals surface area contributed by atoms with Crippen LogP contribution in [0.4, 0.5) is 13.2 Å². The third-order valence-electron chi connectivity index (χ3n) is 3.92. The Morgan fingerprint density at radius 1 is 1.19 bits per heavy atom. The van der Waals surface area contributed by atoms with Crippen LogP contribution in [0, 0.1) is 5.92 Å². The molecule has 1 aliphatic carbocycles. The van der Waals surface area contributed by atoms with E-state index in [0.29, 0.717) is 12.5 Å². The van der Waals surface area contributed by atoms with Gasteiger partial charge in [-0.15, -0.1) is 0 Å². The van der Waals surface area contributed by atoms with E-state index in [2.05, 4.69) is 23.3 Å². The molecule has 3 rings (SSSR count). The summed E-state index contributed by atoms with van der Waals surface area (Å²) in [6.45, 7) is 1.38. The van der Waals surface area contributed by atoms with Gasteiger partial charge in [0.15, 0.2) is 0 Å². The van der Waals surface area contributed by atoms with Gasteiger partial charge in [-0.1, -0.05) is 24.3 Å². The second-order valence-electron chi connectivity index (χ2n) is 5.66. The van der Waals surface area contributed by atoms with E-state index < -0.39 is 11.7 Å². The van der Waals surface area contributed by atoms with Crippen molar-refractivity contribution in [3.63, 3.8) is 0 Å². The molecule has 1 saturated carbocycles. The second kappa shape index (κ2) is 5.22. The Morgan fingerprint density at radius 3 is 2.43 bits per heavy atom. The van der Waals surface area contributed by atoms with Gasteiger partial charge in [-0.05, 0) is 29.7 Å². The average Bonchev–Trinajstić information content (AvgIpc) is 3.16. The molecule has 2 aliphatic rings. The van der Waals surface area contributed by atoms with E-state index in [-0.39, 0.29) is 6.04 Å². The molecule has 112 valence electrons. The molecule has 1 aromatic carbocycles. The van der Waals surface area contributed by atoms with Crippen molar-refractivity contribution >= 4 is 0 Å². The topological polar surface area (TPSA) is 29.3 Å². The van der Waals surface area contributed by atoms with Gasteiger partial charge in [0, 0.05) is 31.2 Å². The fourth-order valence-corrected chi connectivity index (χ4v) is 2.59. The Hall–Kier alpha value is -1.75. The van der Waals surface area contributed by atoms with Gasteiger partial charge in [0.1, 0.15) is 0 Å². The summed E-state index contributed by atoms with van der Waals surface area (Å²) < 4.78 is 37.6. The standard InChI is InChI=1S/C16H17F3N2/c17-16(18,19)13-5-3-11(4-6-13)9-21-7-1-2-12(10-21)14-8-15(14)20/h1-6,10,14-15H,7-9,20H2/t14-,15+/m0/s1. The molecule has 0 spiro atoms. The first kappa shape index (κ1) is 14.2. The van der Waals surface area contributed by atoms with E-state index in [1.165, 1.54) is 17.7 Å². The molecule has 5 heteroatoms. The highest BCUT2D eigenvalue weighted by Gasteiger charge is 2.36. The predicted molar refractivity (Wildman–Crippen MR) is 75.2 cm³/mol. The van der Waals surface area contributed by atoms with Gasteiger partial charge in [-0.25, -0.2) is 0 Å². The molecular weight excluding hydrogens is 277 g/mol. The molecule has 0 unspecified atom stereocenters. The first-order valence-electron chi connectivity index (χ1n) is 6.97. The van der Waals surface area contributed by atoms with Gasteiger partial charge >= 0.3 is 6.18 Å². The number of nitrogens with zero attached hydrogens (tertiary/aromatic N) is 1. The lowest BCUT2D eigenvalue weighted by Crippen LogP contribution is -2.21. The highest BCUT2D eigenvalue weighted by Crippen LogP contribution is 2.37. The summed E-state index contributed by atoms with van der Waals surface area (Å²) in [6, 6.07) is 5.61. The maximum atomic E-state index is 12.5. The summed E-state index contributed by atoms with van der Waals surface area (Å²) in [5.41, 5.74) is 7.34. The highest BCUT2D eigenvalue weighted by molar-refractivity contribution is 5.32. The van der Waals surface area contributed by atoms with E-state index in [4.69, 9.17) is 5.73 Å². The number of nitrogens with two attached hydrogens (primary N) is 1. The van der Waals surface area contributed by atoms with Crippen LogP contribution in [0.1, 0.15) is 17.5 Å². The molecule has 2 nitrogen and oxygen atoms in total. The van der Waals surface area contributed by atoms with Crippen LogP contribution < -0.4 is 5.73 Å². The van der Waals surface area contributed by atoms with Crippen molar-refractivity contribution < 1.29 is 13.2 Å². The lowest BCUT2D eigenvalue weighted by molar-refractivity contribution is -0.137. The average molecular weight is 294 g/mol.